The minimum atomic E-state index is -0.283. The molecule has 1 aromatic heterocycles. The van der Waals surface area contributed by atoms with E-state index in [0.29, 0.717) is 44.4 Å². The van der Waals surface area contributed by atoms with Crippen molar-refractivity contribution in [2.45, 2.75) is 6.42 Å². The fourth-order valence-electron chi connectivity index (χ4n) is 4.14. The molecule has 2 aliphatic rings. The lowest BCUT2D eigenvalue weighted by atomic mass is 10.1. The van der Waals surface area contributed by atoms with E-state index in [0.717, 1.165) is 17.3 Å². The molecule has 0 saturated carbocycles. The number of carbonyl (C=O) groups is 2. The standard InChI is InChI=1S/C29H20O8S/c30-21-15-26(31)38-25(21)13-17-5-8-19(9-6-17)33-11-12-34-29-27(32)20-3-1-2-4-22(20)37-28(29)18-7-10-23-24(14-18)36-16-35-23/h1-10,13-14H,11-12,15-16H2/b25-13-. The number of thioether (sulfide) groups is 1. The molecule has 1 fully saturated rings. The normalized spacial score (nSPS) is 15.4. The van der Waals surface area contributed by atoms with Crippen molar-refractivity contribution in [1.29, 1.82) is 0 Å². The number of Topliss-reactive ketones (excluding diaryl/α,β-unsaturated/α-hetero) is 1. The van der Waals surface area contributed by atoms with Crippen LogP contribution < -0.4 is 24.4 Å². The molecule has 6 rings (SSSR count). The van der Waals surface area contributed by atoms with Crippen LogP contribution in [0.15, 0.2) is 80.8 Å². The lowest BCUT2D eigenvalue weighted by Crippen LogP contribution is -2.15. The second-order valence-corrected chi connectivity index (χ2v) is 9.60. The first-order valence-electron chi connectivity index (χ1n) is 11.8. The van der Waals surface area contributed by atoms with Gasteiger partial charge in [0.1, 0.15) is 24.5 Å². The monoisotopic (exact) mass is 528 g/mol. The fourth-order valence-corrected chi connectivity index (χ4v) is 4.97. The Morgan fingerprint density at radius 3 is 2.47 bits per heavy atom. The predicted octanol–water partition coefficient (Wildman–Crippen LogP) is 5.22. The molecule has 3 heterocycles. The number of para-hydroxylation sites is 1. The third kappa shape index (κ3) is 4.76. The zero-order valence-corrected chi connectivity index (χ0v) is 20.7. The minimum Gasteiger partial charge on any atom is -0.490 e. The van der Waals surface area contributed by atoms with Gasteiger partial charge in [0.05, 0.1) is 16.7 Å². The topological polar surface area (TPSA) is 101 Å². The molecule has 1 saturated heterocycles. The molecule has 0 atom stereocenters. The van der Waals surface area contributed by atoms with Crippen LogP contribution in [0.3, 0.4) is 0 Å². The first-order chi connectivity index (χ1) is 18.5. The van der Waals surface area contributed by atoms with Gasteiger partial charge < -0.3 is 23.4 Å². The van der Waals surface area contributed by atoms with Crippen LogP contribution in [0.25, 0.3) is 28.4 Å². The Morgan fingerprint density at radius 1 is 0.868 bits per heavy atom. The Balaban J connectivity index is 1.18. The number of benzene rings is 3. The summed E-state index contributed by atoms with van der Waals surface area (Å²) < 4.78 is 28.7. The van der Waals surface area contributed by atoms with Crippen molar-refractivity contribution in [3.8, 4) is 34.3 Å². The zero-order chi connectivity index (χ0) is 26.1. The number of rotatable bonds is 7. The smallest absolute Gasteiger partial charge is 0.235 e. The van der Waals surface area contributed by atoms with Gasteiger partial charge in [-0.05, 0) is 65.9 Å². The molecule has 0 N–H and O–H groups in total. The second kappa shape index (κ2) is 10.1. The van der Waals surface area contributed by atoms with Gasteiger partial charge in [-0.2, -0.15) is 0 Å². The summed E-state index contributed by atoms with van der Waals surface area (Å²) in [6, 6.07) is 19.4. The van der Waals surface area contributed by atoms with E-state index in [4.69, 9.17) is 23.4 Å². The lowest BCUT2D eigenvalue weighted by molar-refractivity contribution is -0.119. The molecule has 190 valence electrons. The molecule has 4 aromatic rings. The average Bonchev–Trinajstić information content (AvgIpc) is 3.53. The Bertz CT molecular complexity index is 1650. The largest absolute Gasteiger partial charge is 0.490 e. The summed E-state index contributed by atoms with van der Waals surface area (Å²) in [5, 5.41) is 0.279. The van der Waals surface area contributed by atoms with Gasteiger partial charge in [0.15, 0.2) is 23.0 Å². The highest BCUT2D eigenvalue weighted by Gasteiger charge is 2.25. The lowest BCUT2D eigenvalue weighted by Gasteiger charge is -2.13. The summed E-state index contributed by atoms with van der Waals surface area (Å²) in [7, 11) is 0. The van der Waals surface area contributed by atoms with Crippen molar-refractivity contribution < 1.29 is 33.0 Å². The second-order valence-electron chi connectivity index (χ2n) is 8.50. The first-order valence-corrected chi connectivity index (χ1v) is 12.6. The van der Waals surface area contributed by atoms with Gasteiger partial charge >= 0.3 is 0 Å². The maximum Gasteiger partial charge on any atom is 0.235 e. The van der Waals surface area contributed by atoms with Crippen molar-refractivity contribution in [3.05, 3.63) is 87.4 Å². The molecular weight excluding hydrogens is 508 g/mol. The molecule has 0 bridgehead atoms. The SMILES string of the molecule is O=C1CC(=O)/C(=C/c2ccc(OCCOc3c(-c4ccc5c(c4)OCO5)oc4ccccc4c3=O)cc2)S1. The van der Waals surface area contributed by atoms with Crippen molar-refractivity contribution in [3.63, 3.8) is 0 Å². The van der Waals surface area contributed by atoms with Gasteiger partial charge in [-0.25, -0.2) is 0 Å². The number of ether oxygens (including phenoxy) is 4. The van der Waals surface area contributed by atoms with Gasteiger partial charge in [0.2, 0.25) is 23.1 Å². The Hall–Kier alpha value is -4.50. The summed E-state index contributed by atoms with van der Waals surface area (Å²) in [5.74, 6) is 2.00. The quantitative estimate of drug-likeness (QED) is 0.181. The van der Waals surface area contributed by atoms with Crippen molar-refractivity contribution in [2.24, 2.45) is 0 Å². The number of fused-ring (bicyclic) bond motifs is 2. The van der Waals surface area contributed by atoms with E-state index in [2.05, 4.69) is 0 Å². The third-order valence-corrected chi connectivity index (χ3v) is 6.91. The van der Waals surface area contributed by atoms with E-state index >= 15 is 0 Å². The van der Waals surface area contributed by atoms with Crippen molar-refractivity contribution in [1.82, 2.24) is 0 Å². The van der Waals surface area contributed by atoms with Gasteiger partial charge in [-0.3, -0.25) is 14.4 Å². The summed E-state index contributed by atoms with van der Waals surface area (Å²) in [5.41, 5.74) is 1.58. The van der Waals surface area contributed by atoms with Crippen LogP contribution in [-0.2, 0) is 9.59 Å². The summed E-state index contributed by atoms with van der Waals surface area (Å²) in [6.45, 7) is 0.409. The molecule has 38 heavy (non-hydrogen) atoms. The first kappa shape index (κ1) is 23.9. The number of hydrogen-bond acceptors (Lipinski definition) is 9. The molecule has 0 radical (unpaired) electrons. The molecule has 9 heteroatoms. The van der Waals surface area contributed by atoms with Gasteiger partial charge in [0.25, 0.3) is 0 Å². The van der Waals surface area contributed by atoms with Crippen molar-refractivity contribution >= 4 is 39.7 Å². The highest BCUT2D eigenvalue weighted by atomic mass is 32.2. The molecule has 8 nitrogen and oxygen atoms in total. The number of hydrogen-bond donors (Lipinski definition) is 0. The molecule has 0 amide bonds. The minimum absolute atomic E-state index is 0.0519. The molecular formula is C29H20O8S. The Morgan fingerprint density at radius 2 is 1.66 bits per heavy atom. The van der Waals surface area contributed by atoms with E-state index in [1.807, 2.05) is 0 Å². The van der Waals surface area contributed by atoms with E-state index < -0.39 is 0 Å². The Kier molecular flexibility index (Phi) is 6.35. The number of carbonyl (C=O) groups excluding carboxylic acids is 2. The fraction of sp³-hybridized carbons (Fsp3) is 0.138. The Labute approximate surface area is 220 Å². The summed E-state index contributed by atoms with van der Waals surface area (Å²) >= 11 is 0.973. The van der Waals surface area contributed by atoms with Crippen LogP contribution in [0.2, 0.25) is 0 Å². The van der Waals surface area contributed by atoms with Gasteiger partial charge in [-0.15, -0.1) is 0 Å². The summed E-state index contributed by atoms with van der Waals surface area (Å²) in [4.78, 5) is 37.0. The van der Waals surface area contributed by atoms with Gasteiger partial charge in [0, 0.05) is 5.56 Å². The van der Waals surface area contributed by atoms with E-state index in [1.54, 1.807) is 72.8 Å². The van der Waals surface area contributed by atoms with Crippen LogP contribution >= 0.6 is 11.8 Å². The highest BCUT2D eigenvalue weighted by molar-refractivity contribution is 8.18. The van der Waals surface area contributed by atoms with Crippen molar-refractivity contribution in [2.75, 3.05) is 20.0 Å². The maximum atomic E-state index is 13.3. The predicted molar refractivity (Wildman–Crippen MR) is 142 cm³/mol. The molecule has 0 spiro atoms. The van der Waals surface area contributed by atoms with Crippen LogP contribution in [0, 0.1) is 0 Å². The maximum absolute atomic E-state index is 13.3. The number of allylic oxidation sites excluding steroid dienone is 1. The third-order valence-electron chi connectivity index (χ3n) is 5.97. The molecule has 0 unspecified atom stereocenters. The van der Waals surface area contributed by atoms with E-state index in [1.165, 1.54) is 0 Å². The summed E-state index contributed by atoms with van der Waals surface area (Å²) in [6.07, 6.45) is 1.64. The molecule has 0 aliphatic carbocycles. The zero-order valence-electron chi connectivity index (χ0n) is 19.9. The highest BCUT2D eigenvalue weighted by Crippen LogP contribution is 2.39. The molecule has 3 aromatic carbocycles. The van der Waals surface area contributed by atoms with Crippen LogP contribution in [0.5, 0.6) is 23.0 Å². The number of ketones is 1. The average molecular weight is 529 g/mol. The van der Waals surface area contributed by atoms with Crippen LogP contribution in [0.4, 0.5) is 0 Å². The van der Waals surface area contributed by atoms with E-state index in [9.17, 15) is 14.4 Å². The van der Waals surface area contributed by atoms with Gasteiger partial charge in [-0.1, -0.05) is 24.3 Å². The van der Waals surface area contributed by atoms with Crippen LogP contribution in [0.1, 0.15) is 12.0 Å². The van der Waals surface area contributed by atoms with E-state index in [-0.39, 0.29) is 48.5 Å². The van der Waals surface area contributed by atoms with Crippen LogP contribution in [-0.4, -0.2) is 30.9 Å². The molecule has 2 aliphatic heterocycles.